The van der Waals surface area contributed by atoms with Gasteiger partial charge in [-0.1, -0.05) is 143 Å². The van der Waals surface area contributed by atoms with Crippen molar-refractivity contribution in [3.8, 4) is 0 Å². The molecule has 30 heavy (non-hydrogen) atoms. The number of ether oxygens (including phenoxy) is 1. The van der Waals surface area contributed by atoms with Crippen molar-refractivity contribution in [1.29, 1.82) is 0 Å². The third-order valence-corrected chi connectivity index (χ3v) is 5.66. The molecule has 0 radical (unpaired) electrons. The standard InChI is InChI=1S/C20H42O.C9H18/c1-3-5-7-9-11-12-14-16-18-20-21-19-17-15-13-10-8-6-4-2;1-3-5-7-9-8-6-4-2/h3-20H2,1-2H3;5,7H,3-4,6,8-9H2,1-2H3/b;7-5-. The van der Waals surface area contributed by atoms with Crippen molar-refractivity contribution in [2.75, 3.05) is 13.2 Å². The van der Waals surface area contributed by atoms with E-state index >= 15 is 0 Å². The minimum absolute atomic E-state index is 0.991. The zero-order chi connectivity index (χ0) is 22.4. The molecule has 0 saturated carbocycles. The molecule has 0 unspecified atom stereocenters. The fourth-order valence-corrected chi connectivity index (χ4v) is 3.57. The van der Waals surface area contributed by atoms with Gasteiger partial charge in [0.05, 0.1) is 0 Å². The van der Waals surface area contributed by atoms with Gasteiger partial charge in [-0.15, -0.1) is 0 Å². The smallest absolute Gasteiger partial charge is 0.0466 e. The molecule has 0 bridgehead atoms. The molecule has 0 aromatic heterocycles. The predicted molar refractivity (Wildman–Crippen MR) is 140 cm³/mol. The highest BCUT2D eigenvalue weighted by Gasteiger charge is 1.94. The van der Waals surface area contributed by atoms with Crippen LogP contribution in [0.25, 0.3) is 0 Å². The van der Waals surface area contributed by atoms with Gasteiger partial charge in [-0.3, -0.25) is 0 Å². The summed E-state index contributed by atoms with van der Waals surface area (Å²) in [4.78, 5) is 0. The zero-order valence-electron chi connectivity index (χ0n) is 21.8. The maximum absolute atomic E-state index is 5.72. The largest absolute Gasteiger partial charge is 0.381 e. The van der Waals surface area contributed by atoms with Crippen LogP contribution in [0.4, 0.5) is 0 Å². The predicted octanol–water partition coefficient (Wildman–Crippen LogP) is 10.8. The van der Waals surface area contributed by atoms with Gasteiger partial charge < -0.3 is 4.74 Å². The molecular weight excluding hydrogens is 364 g/mol. The summed E-state index contributed by atoms with van der Waals surface area (Å²) in [6.07, 6.45) is 33.3. The average Bonchev–Trinajstić information content (AvgIpc) is 2.76. The molecule has 0 atom stereocenters. The monoisotopic (exact) mass is 424 g/mol. The van der Waals surface area contributed by atoms with Crippen LogP contribution in [-0.2, 0) is 4.74 Å². The van der Waals surface area contributed by atoms with Gasteiger partial charge in [0.15, 0.2) is 0 Å². The summed E-state index contributed by atoms with van der Waals surface area (Å²) >= 11 is 0. The van der Waals surface area contributed by atoms with Crippen molar-refractivity contribution in [3.05, 3.63) is 12.2 Å². The maximum atomic E-state index is 5.72. The van der Waals surface area contributed by atoms with Crippen LogP contribution in [0, 0.1) is 0 Å². The molecule has 0 aliphatic rings. The van der Waals surface area contributed by atoms with Crippen LogP contribution >= 0.6 is 0 Å². The molecule has 0 spiro atoms. The second-order valence-electron chi connectivity index (χ2n) is 8.94. The number of rotatable bonds is 23. The Morgan fingerprint density at radius 1 is 0.400 bits per heavy atom. The Kier molecular flexibility index (Phi) is 35.4. The molecule has 0 aromatic rings. The highest BCUT2D eigenvalue weighted by molar-refractivity contribution is 4.79. The number of hydrogen-bond acceptors (Lipinski definition) is 1. The molecule has 0 fully saturated rings. The fourth-order valence-electron chi connectivity index (χ4n) is 3.57. The van der Waals surface area contributed by atoms with Crippen LogP contribution in [0.2, 0.25) is 0 Å². The van der Waals surface area contributed by atoms with E-state index in [0.717, 1.165) is 13.2 Å². The van der Waals surface area contributed by atoms with Gasteiger partial charge in [-0.05, 0) is 32.1 Å². The lowest BCUT2D eigenvalue weighted by molar-refractivity contribution is 0.125. The van der Waals surface area contributed by atoms with Gasteiger partial charge in [0, 0.05) is 13.2 Å². The summed E-state index contributed by atoms with van der Waals surface area (Å²) in [5.74, 6) is 0. The van der Waals surface area contributed by atoms with E-state index in [1.165, 1.54) is 135 Å². The summed E-state index contributed by atoms with van der Waals surface area (Å²) in [6, 6.07) is 0. The molecule has 182 valence electrons. The van der Waals surface area contributed by atoms with E-state index in [2.05, 4.69) is 39.8 Å². The van der Waals surface area contributed by atoms with Gasteiger partial charge in [0.2, 0.25) is 0 Å². The van der Waals surface area contributed by atoms with Crippen molar-refractivity contribution in [3.63, 3.8) is 0 Å². The second-order valence-corrected chi connectivity index (χ2v) is 8.94. The number of hydrogen-bond donors (Lipinski definition) is 0. The quantitative estimate of drug-likeness (QED) is 0.117. The first-order valence-electron chi connectivity index (χ1n) is 14.1. The first-order chi connectivity index (χ1) is 14.8. The number of unbranched alkanes of at least 4 members (excludes halogenated alkanes) is 17. The lowest BCUT2D eigenvalue weighted by atomic mass is 10.1. The molecule has 0 N–H and O–H groups in total. The summed E-state index contributed by atoms with van der Waals surface area (Å²) in [5.41, 5.74) is 0. The van der Waals surface area contributed by atoms with Crippen molar-refractivity contribution in [2.45, 2.75) is 163 Å². The summed E-state index contributed by atoms with van der Waals surface area (Å²) in [7, 11) is 0. The molecule has 0 aliphatic carbocycles. The van der Waals surface area contributed by atoms with Gasteiger partial charge in [0.1, 0.15) is 0 Å². The molecule has 1 heteroatoms. The minimum atomic E-state index is 0.991. The van der Waals surface area contributed by atoms with E-state index in [9.17, 15) is 0 Å². The van der Waals surface area contributed by atoms with Crippen molar-refractivity contribution in [1.82, 2.24) is 0 Å². The Hall–Kier alpha value is -0.300. The van der Waals surface area contributed by atoms with E-state index in [1.54, 1.807) is 0 Å². The average molecular weight is 425 g/mol. The first-order valence-corrected chi connectivity index (χ1v) is 14.1. The van der Waals surface area contributed by atoms with Gasteiger partial charge >= 0.3 is 0 Å². The molecule has 1 nitrogen and oxygen atoms in total. The summed E-state index contributed by atoms with van der Waals surface area (Å²) < 4.78 is 5.72. The van der Waals surface area contributed by atoms with Crippen LogP contribution < -0.4 is 0 Å². The molecular formula is C29H60O. The fraction of sp³-hybridized carbons (Fsp3) is 0.931. The Morgan fingerprint density at radius 3 is 1.17 bits per heavy atom. The van der Waals surface area contributed by atoms with Crippen LogP contribution in [-0.4, -0.2) is 13.2 Å². The molecule has 0 aromatic carbocycles. The molecule has 0 heterocycles. The van der Waals surface area contributed by atoms with Crippen molar-refractivity contribution < 1.29 is 4.74 Å². The Balaban J connectivity index is 0. The Morgan fingerprint density at radius 2 is 0.767 bits per heavy atom. The van der Waals surface area contributed by atoms with E-state index in [4.69, 9.17) is 4.74 Å². The van der Waals surface area contributed by atoms with Crippen LogP contribution in [0.5, 0.6) is 0 Å². The highest BCUT2D eigenvalue weighted by Crippen LogP contribution is 2.10. The van der Waals surface area contributed by atoms with Gasteiger partial charge in [-0.2, -0.15) is 0 Å². The maximum Gasteiger partial charge on any atom is 0.0466 e. The van der Waals surface area contributed by atoms with E-state index in [0.29, 0.717) is 0 Å². The van der Waals surface area contributed by atoms with E-state index in [-0.39, 0.29) is 0 Å². The van der Waals surface area contributed by atoms with E-state index < -0.39 is 0 Å². The summed E-state index contributed by atoms with van der Waals surface area (Å²) in [5, 5.41) is 0. The topological polar surface area (TPSA) is 9.23 Å². The van der Waals surface area contributed by atoms with Crippen LogP contribution in [0.1, 0.15) is 163 Å². The van der Waals surface area contributed by atoms with Crippen molar-refractivity contribution >= 4 is 0 Å². The lowest BCUT2D eigenvalue weighted by Gasteiger charge is -2.05. The van der Waals surface area contributed by atoms with Gasteiger partial charge in [0.25, 0.3) is 0 Å². The summed E-state index contributed by atoms with van der Waals surface area (Å²) in [6.45, 7) is 11.0. The first kappa shape index (κ1) is 31.9. The normalized spacial score (nSPS) is 11.1. The zero-order valence-corrected chi connectivity index (χ0v) is 21.8. The van der Waals surface area contributed by atoms with Gasteiger partial charge in [-0.25, -0.2) is 0 Å². The lowest BCUT2D eigenvalue weighted by Crippen LogP contribution is -1.97. The molecule has 0 aliphatic heterocycles. The molecule has 0 rings (SSSR count). The SMILES string of the molecule is CC/C=C\CCCCC.CCCCCCCCCCCOCCCCCCCCC. The highest BCUT2D eigenvalue weighted by atomic mass is 16.5. The number of allylic oxidation sites excluding steroid dienone is 2. The second kappa shape index (κ2) is 33.3. The molecule has 0 saturated heterocycles. The third-order valence-electron chi connectivity index (χ3n) is 5.66. The Labute approximate surface area is 192 Å². The van der Waals surface area contributed by atoms with Crippen molar-refractivity contribution in [2.24, 2.45) is 0 Å². The van der Waals surface area contributed by atoms with E-state index in [1.807, 2.05) is 0 Å². The molecule has 0 amide bonds. The Bertz CT molecular complexity index is 266. The minimum Gasteiger partial charge on any atom is -0.381 e. The van der Waals surface area contributed by atoms with Crippen LogP contribution in [0.15, 0.2) is 12.2 Å². The van der Waals surface area contributed by atoms with Crippen LogP contribution in [0.3, 0.4) is 0 Å². The third kappa shape index (κ3) is 35.2.